The van der Waals surface area contributed by atoms with Gasteiger partial charge in [0.2, 0.25) is 0 Å². The van der Waals surface area contributed by atoms with E-state index in [1.54, 1.807) is 24.3 Å². The Kier molecular flexibility index (Phi) is 9.40. The Balaban J connectivity index is 0.00000109. The number of carbonyl (C=O) groups excluding carboxylic acids is 2. The van der Waals surface area contributed by atoms with Crippen LogP contribution >= 0.6 is 11.6 Å². The van der Waals surface area contributed by atoms with Gasteiger partial charge in [-0.1, -0.05) is 72.2 Å². The first-order valence-corrected chi connectivity index (χ1v) is 13.6. The average molecular weight is 530 g/mol. The minimum absolute atomic E-state index is 0.0194. The van der Waals surface area contributed by atoms with E-state index in [-0.39, 0.29) is 37.8 Å². The fourth-order valence-corrected chi connectivity index (χ4v) is 4.78. The van der Waals surface area contributed by atoms with Crippen LogP contribution in [0.25, 0.3) is 0 Å². The standard InChI is InChI=1S/C23H20ClN3O4S.2C2H6/c1-23(2,3)14-6-8-16(9-7-14)32(30,31)26-18-11-10-17(24)19-20(18)22(29)27(21(19)28)15-5-4-12-25-13-15;2*1-2/h4-13,26H,1-3H3;2*1-2H3. The number of anilines is 2. The van der Waals surface area contributed by atoms with Gasteiger partial charge in [-0.2, -0.15) is 0 Å². The largest absolute Gasteiger partial charge is 0.279 e. The quantitative estimate of drug-likeness (QED) is 0.380. The van der Waals surface area contributed by atoms with Crippen molar-refractivity contribution in [2.24, 2.45) is 0 Å². The van der Waals surface area contributed by atoms with Crippen molar-refractivity contribution in [3.05, 3.63) is 82.6 Å². The van der Waals surface area contributed by atoms with E-state index < -0.39 is 21.8 Å². The average Bonchev–Trinajstić information content (AvgIpc) is 3.14. The minimum Gasteiger partial charge on any atom is -0.279 e. The molecule has 3 aromatic rings. The number of carbonyl (C=O) groups is 2. The molecule has 0 saturated heterocycles. The van der Waals surface area contributed by atoms with Gasteiger partial charge >= 0.3 is 0 Å². The van der Waals surface area contributed by atoms with Gasteiger partial charge in [0.15, 0.2) is 0 Å². The minimum atomic E-state index is -4.02. The Morgan fingerprint density at radius 2 is 1.44 bits per heavy atom. The number of nitrogens with one attached hydrogen (secondary N) is 1. The molecule has 0 radical (unpaired) electrons. The maximum Gasteiger partial charge on any atom is 0.268 e. The maximum atomic E-state index is 13.1. The van der Waals surface area contributed by atoms with Gasteiger partial charge < -0.3 is 0 Å². The Morgan fingerprint density at radius 3 is 1.97 bits per heavy atom. The number of fused-ring (bicyclic) bond motifs is 1. The van der Waals surface area contributed by atoms with Crippen LogP contribution in [0.1, 0.15) is 74.7 Å². The fourth-order valence-electron chi connectivity index (χ4n) is 3.47. The van der Waals surface area contributed by atoms with Gasteiger partial charge in [-0.3, -0.25) is 19.3 Å². The molecule has 7 nitrogen and oxygen atoms in total. The fraction of sp³-hybridized carbons (Fsp3) is 0.296. The van der Waals surface area contributed by atoms with Gasteiger partial charge in [-0.05, 0) is 47.4 Å². The first-order valence-electron chi connectivity index (χ1n) is 11.8. The van der Waals surface area contributed by atoms with Gasteiger partial charge in [-0.15, -0.1) is 0 Å². The summed E-state index contributed by atoms with van der Waals surface area (Å²) in [4.78, 5) is 31.0. The molecule has 1 aliphatic heterocycles. The first kappa shape index (κ1) is 29.0. The molecule has 0 atom stereocenters. The number of benzene rings is 2. The topological polar surface area (TPSA) is 96.4 Å². The summed E-state index contributed by atoms with van der Waals surface area (Å²) in [6.07, 6.45) is 2.88. The maximum absolute atomic E-state index is 13.1. The number of hydrogen-bond donors (Lipinski definition) is 1. The number of pyridine rings is 1. The van der Waals surface area contributed by atoms with Gasteiger partial charge in [0.05, 0.1) is 38.6 Å². The second kappa shape index (κ2) is 11.7. The Morgan fingerprint density at radius 1 is 0.861 bits per heavy atom. The summed E-state index contributed by atoms with van der Waals surface area (Å²) in [6, 6.07) is 12.4. The number of rotatable bonds is 4. The number of amides is 2. The summed E-state index contributed by atoms with van der Waals surface area (Å²) in [5.74, 6) is -1.32. The molecule has 9 heteroatoms. The highest BCUT2D eigenvalue weighted by Gasteiger charge is 2.41. The van der Waals surface area contributed by atoms with E-state index in [0.29, 0.717) is 0 Å². The van der Waals surface area contributed by atoms with Crippen LogP contribution in [-0.4, -0.2) is 25.2 Å². The number of aromatic nitrogens is 1. The van der Waals surface area contributed by atoms with E-state index in [0.717, 1.165) is 10.5 Å². The molecule has 0 bridgehead atoms. The second-order valence-corrected chi connectivity index (χ2v) is 10.5. The third-order valence-electron chi connectivity index (χ3n) is 5.17. The number of imide groups is 1. The highest BCUT2D eigenvalue weighted by atomic mass is 35.5. The summed E-state index contributed by atoms with van der Waals surface area (Å²) in [5.41, 5.74) is 0.951. The summed E-state index contributed by atoms with van der Waals surface area (Å²) >= 11 is 6.21. The SMILES string of the molecule is CC.CC.CC(C)(C)c1ccc(S(=O)(=O)Nc2ccc(Cl)c3c2C(=O)N(c2cccnc2)C3=O)cc1. The molecule has 0 saturated carbocycles. The van der Waals surface area contributed by atoms with Crippen molar-refractivity contribution in [3.8, 4) is 0 Å². The van der Waals surface area contributed by atoms with Crippen molar-refractivity contribution >= 4 is 44.8 Å². The highest BCUT2D eigenvalue weighted by Crippen LogP contribution is 2.37. The molecular weight excluding hydrogens is 498 g/mol. The summed E-state index contributed by atoms with van der Waals surface area (Å²) < 4.78 is 28.5. The lowest BCUT2D eigenvalue weighted by Crippen LogP contribution is -2.29. The van der Waals surface area contributed by atoms with Crippen molar-refractivity contribution in [1.82, 2.24) is 4.98 Å². The molecule has 0 fully saturated rings. The van der Waals surface area contributed by atoms with Gasteiger partial charge in [0, 0.05) is 6.20 Å². The molecule has 1 aromatic heterocycles. The Labute approximate surface area is 218 Å². The number of nitrogens with zero attached hydrogens (tertiary/aromatic N) is 2. The van der Waals surface area contributed by atoms with Crippen LogP contribution in [0.15, 0.2) is 65.8 Å². The van der Waals surface area contributed by atoms with Crippen molar-refractivity contribution in [2.75, 3.05) is 9.62 Å². The van der Waals surface area contributed by atoms with Crippen LogP contribution in [0.4, 0.5) is 11.4 Å². The summed E-state index contributed by atoms with van der Waals surface area (Å²) in [7, 11) is -4.02. The number of halogens is 1. The predicted molar refractivity (Wildman–Crippen MR) is 145 cm³/mol. The van der Waals surface area contributed by atoms with Crippen LogP contribution < -0.4 is 9.62 Å². The van der Waals surface area contributed by atoms with Crippen molar-refractivity contribution in [2.45, 2.75) is 58.8 Å². The molecule has 1 N–H and O–H groups in total. The summed E-state index contributed by atoms with van der Waals surface area (Å²) in [6.45, 7) is 14.1. The Hall–Kier alpha value is -3.23. The molecule has 0 spiro atoms. The van der Waals surface area contributed by atoms with Gasteiger partial charge in [0.25, 0.3) is 21.8 Å². The molecule has 0 aliphatic carbocycles. The van der Waals surface area contributed by atoms with Gasteiger partial charge in [-0.25, -0.2) is 13.3 Å². The van der Waals surface area contributed by atoms with Gasteiger partial charge in [0.1, 0.15) is 0 Å². The van der Waals surface area contributed by atoms with Crippen LogP contribution in [0.3, 0.4) is 0 Å². The lowest BCUT2D eigenvalue weighted by molar-refractivity contribution is 0.0926. The van der Waals surface area contributed by atoms with E-state index >= 15 is 0 Å². The van der Waals surface area contributed by atoms with E-state index in [1.165, 1.54) is 36.7 Å². The first-order chi connectivity index (χ1) is 17.0. The molecule has 0 unspecified atom stereocenters. The highest BCUT2D eigenvalue weighted by molar-refractivity contribution is 7.92. The van der Waals surface area contributed by atoms with E-state index in [4.69, 9.17) is 11.6 Å². The second-order valence-electron chi connectivity index (χ2n) is 8.38. The lowest BCUT2D eigenvalue weighted by Gasteiger charge is -2.19. The molecule has 2 heterocycles. The monoisotopic (exact) mass is 529 g/mol. The lowest BCUT2D eigenvalue weighted by atomic mass is 9.87. The van der Waals surface area contributed by atoms with E-state index in [2.05, 4.69) is 9.71 Å². The zero-order chi connectivity index (χ0) is 27.3. The molecular formula is C27H32ClN3O4S. The Bertz CT molecular complexity index is 1330. The predicted octanol–water partition coefficient (Wildman–Crippen LogP) is 6.69. The van der Waals surface area contributed by atoms with Crippen LogP contribution in [-0.2, 0) is 15.4 Å². The molecule has 36 heavy (non-hydrogen) atoms. The summed E-state index contributed by atoms with van der Waals surface area (Å²) in [5, 5.41) is 0.0576. The third-order valence-corrected chi connectivity index (χ3v) is 6.86. The third kappa shape index (κ3) is 5.77. The molecule has 4 rings (SSSR count). The number of sulfonamides is 1. The van der Waals surface area contributed by atoms with E-state index in [1.807, 2.05) is 48.5 Å². The normalized spacial score (nSPS) is 12.7. The van der Waals surface area contributed by atoms with E-state index in [9.17, 15) is 18.0 Å². The zero-order valence-electron chi connectivity index (χ0n) is 21.6. The molecule has 2 amide bonds. The zero-order valence-corrected chi connectivity index (χ0v) is 23.2. The van der Waals surface area contributed by atoms with Crippen molar-refractivity contribution in [1.29, 1.82) is 0 Å². The van der Waals surface area contributed by atoms with Crippen LogP contribution in [0, 0.1) is 0 Å². The number of hydrogen-bond acceptors (Lipinski definition) is 5. The van der Waals surface area contributed by atoms with Crippen molar-refractivity contribution in [3.63, 3.8) is 0 Å². The molecule has 2 aromatic carbocycles. The van der Waals surface area contributed by atoms with Crippen molar-refractivity contribution < 1.29 is 18.0 Å². The molecule has 1 aliphatic rings. The van der Waals surface area contributed by atoms with Crippen LogP contribution in [0.5, 0.6) is 0 Å². The van der Waals surface area contributed by atoms with Crippen LogP contribution in [0.2, 0.25) is 5.02 Å². The molecule has 192 valence electrons. The smallest absolute Gasteiger partial charge is 0.268 e.